The molecule has 0 bridgehead atoms. The predicted octanol–water partition coefficient (Wildman–Crippen LogP) is 1.05. The Hall–Kier alpha value is -3.04. The molecule has 1 spiro atoms. The summed E-state index contributed by atoms with van der Waals surface area (Å²) in [6, 6.07) is 0.0301. The Labute approximate surface area is 206 Å². The summed E-state index contributed by atoms with van der Waals surface area (Å²) in [7, 11) is 0. The van der Waals surface area contributed by atoms with Crippen LogP contribution in [0.15, 0.2) is 12.4 Å². The fourth-order valence-corrected chi connectivity index (χ4v) is 5.67. The highest BCUT2D eigenvalue weighted by Gasteiger charge is 2.42. The number of carbonyl (C=O) groups excluding carboxylic acids is 4. The molecule has 190 valence electrons. The van der Waals surface area contributed by atoms with E-state index in [0.29, 0.717) is 44.7 Å². The Morgan fingerprint density at radius 3 is 2.46 bits per heavy atom. The molecule has 0 unspecified atom stereocenters. The molecular formula is C25H36N6O4. The first kappa shape index (κ1) is 25.1. The minimum atomic E-state index is -0.591. The van der Waals surface area contributed by atoms with Crippen molar-refractivity contribution in [3.63, 3.8) is 0 Å². The maximum Gasteiger partial charge on any atom is 0.274 e. The Balaban J connectivity index is 1.40. The van der Waals surface area contributed by atoms with Crippen LogP contribution in [-0.2, 0) is 14.4 Å². The zero-order valence-electron chi connectivity index (χ0n) is 20.7. The van der Waals surface area contributed by atoms with Gasteiger partial charge in [-0.1, -0.05) is 12.8 Å². The van der Waals surface area contributed by atoms with Crippen molar-refractivity contribution < 1.29 is 19.2 Å². The molecule has 4 heterocycles. The first-order valence-corrected chi connectivity index (χ1v) is 12.7. The molecule has 3 aliphatic heterocycles. The van der Waals surface area contributed by atoms with Crippen molar-refractivity contribution in [1.29, 1.82) is 0 Å². The highest BCUT2D eigenvalue weighted by molar-refractivity contribution is 5.92. The van der Waals surface area contributed by atoms with E-state index in [1.54, 1.807) is 18.0 Å². The van der Waals surface area contributed by atoms with Gasteiger partial charge in [-0.2, -0.15) is 0 Å². The van der Waals surface area contributed by atoms with E-state index in [2.05, 4.69) is 20.6 Å². The minimum Gasteiger partial charge on any atom is -0.351 e. The number of nitrogens with one attached hydrogen (secondary N) is 2. The third-order valence-electron chi connectivity index (χ3n) is 7.90. The maximum absolute atomic E-state index is 13.3. The molecule has 1 aromatic rings. The van der Waals surface area contributed by atoms with Gasteiger partial charge in [-0.25, -0.2) is 4.98 Å². The zero-order chi connectivity index (χ0) is 25.0. The molecule has 10 nitrogen and oxygen atoms in total. The molecule has 4 rings (SSSR count). The third kappa shape index (κ3) is 5.79. The lowest BCUT2D eigenvalue weighted by Gasteiger charge is -2.42. The third-order valence-corrected chi connectivity index (χ3v) is 7.90. The highest BCUT2D eigenvalue weighted by Crippen LogP contribution is 2.38. The summed E-state index contributed by atoms with van der Waals surface area (Å²) in [6.07, 6.45) is 8.37. The quantitative estimate of drug-likeness (QED) is 0.614. The van der Waals surface area contributed by atoms with Crippen molar-refractivity contribution in [2.45, 2.75) is 64.8 Å². The molecule has 2 N–H and O–H groups in total. The second-order valence-electron chi connectivity index (χ2n) is 10.2. The normalized spacial score (nSPS) is 25.5. The van der Waals surface area contributed by atoms with Crippen LogP contribution in [0.3, 0.4) is 0 Å². The van der Waals surface area contributed by atoms with Gasteiger partial charge in [0.05, 0.1) is 23.9 Å². The summed E-state index contributed by atoms with van der Waals surface area (Å²) >= 11 is 0. The van der Waals surface area contributed by atoms with E-state index in [4.69, 9.17) is 0 Å². The van der Waals surface area contributed by atoms with E-state index < -0.39 is 5.41 Å². The second-order valence-corrected chi connectivity index (χ2v) is 10.2. The van der Waals surface area contributed by atoms with E-state index in [1.807, 2.05) is 11.8 Å². The topological polar surface area (TPSA) is 125 Å². The standard InChI is InChI=1S/C25H36N6O4/c1-17-13-27-21(14-26-17)23(34)30-11-8-25(9-12-30)7-4-3-5-19-16-31(18(2)32)10-6-20(19)29-22(33)15-28-24(25)35/h13-14,19-20H,3-12,15-16H2,1-2H3,(H,28,35)(H,29,33)/t19-,20+/m0/s1. The Morgan fingerprint density at radius 1 is 1.00 bits per heavy atom. The van der Waals surface area contributed by atoms with Gasteiger partial charge in [-0.3, -0.25) is 24.2 Å². The molecule has 2 atom stereocenters. The van der Waals surface area contributed by atoms with Gasteiger partial charge in [0.1, 0.15) is 5.69 Å². The van der Waals surface area contributed by atoms with E-state index in [1.165, 1.54) is 6.20 Å². The van der Waals surface area contributed by atoms with Gasteiger partial charge in [0.2, 0.25) is 17.7 Å². The van der Waals surface area contributed by atoms with Crippen LogP contribution in [0.1, 0.15) is 68.1 Å². The van der Waals surface area contributed by atoms with Gasteiger partial charge in [0, 0.05) is 45.3 Å². The number of hydrogen-bond donors (Lipinski definition) is 2. The van der Waals surface area contributed by atoms with Gasteiger partial charge in [0.15, 0.2) is 0 Å². The van der Waals surface area contributed by atoms with E-state index in [0.717, 1.165) is 37.8 Å². The van der Waals surface area contributed by atoms with Crippen molar-refractivity contribution >= 4 is 23.6 Å². The van der Waals surface area contributed by atoms with Gasteiger partial charge in [-0.05, 0) is 44.9 Å². The Bertz CT molecular complexity index is 957. The lowest BCUT2D eigenvalue weighted by molar-refractivity contribution is -0.137. The minimum absolute atomic E-state index is 0.0301. The second kappa shape index (κ2) is 10.7. The van der Waals surface area contributed by atoms with Crippen LogP contribution in [0.4, 0.5) is 0 Å². The van der Waals surface area contributed by atoms with Crippen LogP contribution in [0, 0.1) is 18.3 Å². The van der Waals surface area contributed by atoms with Crippen molar-refractivity contribution in [1.82, 2.24) is 30.4 Å². The number of amides is 4. The fraction of sp³-hybridized carbons (Fsp3) is 0.680. The van der Waals surface area contributed by atoms with Crippen molar-refractivity contribution in [3.05, 3.63) is 23.8 Å². The number of nitrogens with zero attached hydrogens (tertiary/aromatic N) is 4. The summed E-state index contributed by atoms with van der Waals surface area (Å²) in [4.78, 5) is 62.6. The van der Waals surface area contributed by atoms with Crippen molar-refractivity contribution in [2.75, 3.05) is 32.7 Å². The van der Waals surface area contributed by atoms with Crippen LogP contribution in [0.25, 0.3) is 0 Å². The first-order valence-electron chi connectivity index (χ1n) is 12.7. The molecule has 3 aliphatic rings. The molecule has 0 saturated carbocycles. The van der Waals surface area contributed by atoms with Gasteiger partial charge < -0.3 is 20.4 Å². The number of aromatic nitrogens is 2. The number of piperidine rings is 2. The van der Waals surface area contributed by atoms with Gasteiger partial charge >= 0.3 is 0 Å². The number of aryl methyl sites for hydroxylation is 1. The van der Waals surface area contributed by atoms with Crippen LogP contribution in [-0.4, -0.2) is 82.2 Å². The maximum atomic E-state index is 13.3. The smallest absolute Gasteiger partial charge is 0.274 e. The monoisotopic (exact) mass is 484 g/mol. The lowest BCUT2D eigenvalue weighted by atomic mass is 9.73. The fourth-order valence-electron chi connectivity index (χ4n) is 5.67. The SMILES string of the molecule is CC(=O)N1CC[C@H]2NC(=O)CNC(=O)C3(CCCC[C@H]2C1)CCN(C(=O)c1cnc(C)cn1)CC3. The van der Waals surface area contributed by atoms with E-state index in [9.17, 15) is 19.2 Å². The molecule has 35 heavy (non-hydrogen) atoms. The predicted molar refractivity (Wildman–Crippen MR) is 128 cm³/mol. The number of carbonyl (C=O) groups is 4. The molecule has 0 aliphatic carbocycles. The van der Waals surface area contributed by atoms with Crippen LogP contribution in [0.5, 0.6) is 0 Å². The Morgan fingerprint density at radius 2 is 1.77 bits per heavy atom. The summed E-state index contributed by atoms with van der Waals surface area (Å²) in [5.41, 5.74) is 0.474. The van der Waals surface area contributed by atoms with E-state index in [-0.39, 0.29) is 42.1 Å². The lowest BCUT2D eigenvalue weighted by Crippen LogP contribution is -2.55. The zero-order valence-corrected chi connectivity index (χ0v) is 20.7. The average Bonchev–Trinajstić information content (AvgIpc) is 2.85. The van der Waals surface area contributed by atoms with Crippen LogP contribution < -0.4 is 10.6 Å². The largest absolute Gasteiger partial charge is 0.351 e. The molecule has 10 heteroatoms. The molecule has 0 aromatic carbocycles. The number of likely N-dealkylation sites (tertiary alicyclic amines) is 2. The van der Waals surface area contributed by atoms with Crippen molar-refractivity contribution in [3.8, 4) is 0 Å². The van der Waals surface area contributed by atoms with Crippen LogP contribution >= 0.6 is 0 Å². The summed E-state index contributed by atoms with van der Waals surface area (Å²) < 4.78 is 0. The molecule has 4 amide bonds. The molecular weight excluding hydrogens is 448 g/mol. The molecule has 3 saturated heterocycles. The summed E-state index contributed by atoms with van der Waals surface area (Å²) in [6.45, 7) is 5.60. The highest BCUT2D eigenvalue weighted by atomic mass is 16.2. The summed E-state index contributed by atoms with van der Waals surface area (Å²) in [5.74, 6) is -0.161. The van der Waals surface area contributed by atoms with Crippen molar-refractivity contribution in [2.24, 2.45) is 11.3 Å². The Kier molecular flexibility index (Phi) is 7.66. The molecule has 3 fully saturated rings. The van der Waals surface area contributed by atoms with Gasteiger partial charge in [0.25, 0.3) is 5.91 Å². The molecule has 0 radical (unpaired) electrons. The number of rotatable bonds is 1. The molecule has 1 aromatic heterocycles. The first-order chi connectivity index (χ1) is 16.8. The summed E-state index contributed by atoms with van der Waals surface area (Å²) in [5, 5.41) is 5.97. The van der Waals surface area contributed by atoms with E-state index >= 15 is 0 Å². The number of fused-ring (bicyclic) bond motifs is 1. The van der Waals surface area contributed by atoms with Gasteiger partial charge in [-0.15, -0.1) is 0 Å². The van der Waals surface area contributed by atoms with Crippen LogP contribution in [0.2, 0.25) is 0 Å². The number of hydrogen-bond acceptors (Lipinski definition) is 6. The average molecular weight is 485 g/mol.